The zero-order valence-corrected chi connectivity index (χ0v) is 8.83. The number of aromatic nitrogens is 2. The van der Waals surface area contributed by atoms with Crippen molar-refractivity contribution in [3.05, 3.63) is 18.0 Å². The zero-order valence-electron chi connectivity index (χ0n) is 8.83. The number of nitrogens with one attached hydrogen (secondary N) is 1. The van der Waals surface area contributed by atoms with Gasteiger partial charge in [-0.15, -0.1) is 0 Å². The minimum atomic E-state index is -0.362. The van der Waals surface area contributed by atoms with Crippen LogP contribution in [0, 0.1) is 5.92 Å². The monoisotopic (exact) mass is 199 g/mol. The van der Waals surface area contributed by atoms with Gasteiger partial charge in [-0.05, 0) is 18.5 Å². The molecule has 0 spiro atoms. The maximum absolute atomic E-state index is 12.1. The van der Waals surface area contributed by atoms with Crippen LogP contribution in [0.3, 0.4) is 0 Å². The summed E-state index contributed by atoms with van der Waals surface area (Å²) in [7, 11) is 0. The molecule has 3 nitrogen and oxygen atoms in total. The molecule has 1 aromatic heterocycles. The van der Waals surface area contributed by atoms with E-state index in [1.54, 1.807) is 10.9 Å². The third kappa shape index (κ3) is 3.46. The number of hydrogen-bond donors (Lipinski definition) is 1. The van der Waals surface area contributed by atoms with Gasteiger partial charge in [0.1, 0.15) is 6.67 Å². The Kier molecular flexibility index (Phi) is 4.59. The fraction of sp³-hybridized carbons (Fsp3) is 0.700. The maximum Gasteiger partial charge on any atom is 0.109 e. The first-order valence-electron chi connectivity index (χ1n) is 5.01. The van der Waals surface area contributed by atoms with Gasteiger partial charge < -0.3 is 5.32 Å². The number of rotatable bonds is 6. The number of hydrogen-bond acceptors (Lipinski definition) is 2. The van der Waals surface area contributed by atoms with E-state index in [0.717, 1.165) is 18.8 Å². The highest BCUT2D eigenvalue weighted by Gasteiger charge is 2.01. The molecule has 0 atom stereocenters. The molecule has 1 N–H and O–H groups in total. The van der Waals surface area contributed by atoms with Crippen molar-refractivity contribution in [2.75, 3.05) is 13.2 Å². The standard InChI is InChI=1S/C10H18FN3/c1-9(2)7-12-8-10-3-5-13-14(10)6-4-11/h3,5,9,12H,4,6-8H2,1-2H3. The average Bonchev–Trinajstić information content (AvgIpc) is 2.53. The highest BCUT2D eigenvalue weighted by Crippen LogP contribution is 1.99. The zero-order chi connectivity index (χ0) is 10.4. The molecule has 0 aliphatic heterocycles. The van der Waals surface area contributed by atoms with Crippen molar-refractivity contribution in [2.24, 2.45) is 5.92 Å². The lowest BCUT2D eigenvalue weighted by Crippen LogP contribution is -2.21. The first-order valence-corrected chi connectivity index (χ1v) is 5.01. The molecule has 0 aliphatic carbocycles. The topological polar surface area (TPSA) is 29.9 Å². The number of nitrogens with zero attached hydrogens (tertiary/aromatic N) is 2. The normalized spacial score (nSPS) is 11.1. The van der Waals surface area contributed by atoms with E-state index in [0.29, 0.717) is 12.5 Å². The Morgan fingerprint density at radius 3 is 3.00 bits per heavy atom. The van der Waals surface area contributed by atoms with Gasteiger partial charge in [0.15, 0.2) is 0 Å². The van der Waals surface area contributed by atoms with Crippen LogP contribution in [-0.4, -0.2) is 23.0 Å². The van der Waals surface area contributed by atoms with Gasteiger partial charge in [0.25, 0.3) is 0 Å². The van der Waals surface area contributed by atoms with Crippen LogP contribution in [0.4, 0.5) is 4.39 Å². The molecule has 0 aliphatic rings. The fourth-order valence-corrected chi connectivity index (χ4v) is 1.28. The second-order valence-electron chi connectivity index (χ2n) is 3.76. The minimum Gasteiger partial charge on any atom is -0.311 e. The summed E-state index contributed by atoms with van der Waals surface area (Å²) in [6.45, 7) is 6.04. The lowest BCUT2D eigenvalue weighted by molar-refractivity contribution is 0.415. The Morgan fingerprint density at radius 2 is 2.36 bits per heavy atom. The lowest BCUT2D eigenvalue weighted by Gasteiger charge is -2.08. The third-order valence-corrected chi connectivity index (χ3v) is 1.96. The summed E-state index contributed by atoms with van der Waals surface area (Å²) in [4.78, 5) is 0. The Balaban J connectivity index is 2.37. The van der Waals surface area contributed by atoms with Gasteiger partial charge in [-0.1, -0.05) is 13.8 Å². The average molecular weight is 199 g/mol. The SMILES string of the molecule is CC(C)CNCc1ccnn1CCF. The van der Waals surface area contributed by atoms with Crippen LogP contribution in [0.15, 0.2) is 12.3 Å². The highest BCUT2D eigenvalue weighted by atomic mass is 19.1. The number of alkyl halides is 1. The van der Waals surface area contributed by atoms with Crippen LogP contribution in [-0.2, 0) is 13.1 Å². The van der Waals surface area contributed by atoms with Gasteiger partial charge in [0.2, 0.25) is 0 Å². The minimum absolute atomic E-state index is 0.353. The summed E-state index contributed by atoms with van der Waals surface area (Å²) < 4.78 is 13.8. The van der Waals surface area contributed by atoms with Crippen LogP contribution in [0.1, 0.15) is 19.5 Å². The van der Waals surface area contributed by atoms with Crippen LogP contribution in [0.5, 0.6) is 0 Å². The summed E-state index contributed by atoms with van der Waals surface area (Å²) in [5.74, 6) is 0.632. The molecule has 4 heteroatoms. The number of aryl methyl sites for hydroxylation is 1. The van der Waals surface area contributed by atoms with Gasteiger partial charge >= 0.3 is 0 Å². The van der Waals surface area contributed by atoms with Crippen molar-refractivity contribution in [2.45, 2.75) is 26.9 Å². The van der Waals surface area contributed by atoms with E-state index >= 15 is 0 Å². The van der Waals surface area contributed by atoms with Gasteiger partial charge in [-0.3, -0.25) is 4.68 Å². The molecule has 0 saturated carbocycles. The van der Waals surface area contributed by atoms with Crippen molar-refractivity contribution in [1.29, 1.82) is 0 Å². The fourth-order valence-electron chi connectivity index (χ4n) is 1.28. The lowest BCUT2D eigenvalue weighted by atomic mass is 10.2. The molecular formula is C10H18FN3. The largest absolute Gasteiger partial charge is 0.311 e. The van der Waals surface area contributed by atoms with Crippen LogP contribution in [0.2, 0.25) is 0 Å². The molecule has 0 radical (unpaired) electrons. The first kappa shape index (κ1) is 11.2. The molecule has 0 aromatic carbocycles. The summed E-state index contributed by atoms with van der Waals surface area (Å²) in [5, 5.41) is 7.34. The van der Waals surface area contributed by atoms with Crippen LogP contribution >= 0.6 is 0 Å². The Labute approximate surface area is 84.3 Å². The smallest absolute Gasteiger partial charge is 0.109 e. The van der Waals surface area contributed by atoms with E-state index in [2.05, 4.69) is 24.3 Å². The molecule has 80 valence electrons. The molecule has 0 bridgehead atoms. The Morgan fingerprint density at radius 1 is 1.57 bits per heavy atom. The summed E-state index contributed by atoms with van der Waals surface area (Å²) in [5.41, 5.74) is 1.04. The van der Waals surface area contributed by atoms with E-state index in [-0.39, 0.29) is 6.67 Å². The van der Waals surface area contributed by atoms with Gasteiger partial charge in [0, 0.05) is 12.7 Å². The number of halogens is 1. The molecule has 0 saturated heterocycles. The molecular weight excluding hydrogens is 181 g/mol. The van der Waals surface area contributed by atoms with Gasteiger partial charge in [0.05, 0.1) is 12.2 Å². The van der Waals surface area contributed by atoms with E-state index < -0.39 is 0 Å². The van der Waals surface area contributed by atoms with Gasteiger partial charge in [-0.25, -0.2) is 4.39 Å². The van der Waals surface area contributed by atoms with E-state index in [1.165, 1.54) is 0 Å². The van der Waals surface area contributed by atoms with Crippen molar-refractivity contribution >= 4 is 0 Å². The predicted molar refractivity (Wildman–Crippen MR) is 54.7 cm³/mol. The molecule has 1 aromatic rings. The first-order chi connectivity index (χ1) is 6.74. The quantitative estimate of drug-likeness (QED) is 0.754. The van der Waals surface area contributed by atoms with Crippen molar-refractivity contribution in [1.82, 2.24) is 15.1 Å². The van der Waals surface area contributed by atoms with Gasteiger partial charge in [-0.2, -0.15) is 5.10 Å². The molecule has 0 unspecified atom stereocenters. The predicted octanol–water partition coefficient (Wildman–Crippen LogP) is 1.60. The second-order valence-corrected chi connectivity index (χ2v) is 3.76. The van der Waals surface area contributed by atoms with Crippen molar-refractivity contribution in [3.8, 4) is 0 Å². The molecule has 0 fully saturated rings. The molecule has 14 heavy (non-hydrogen) atoms. The Hall–Kier alpha value is -0.900. The summed E-state index contributed by atoms with van der Waals surface area (Å²) in [6, 6.07) is 1.92. The molecule has 1 rings (SSSR count). The third-order valence-electron chi connectivity index (χ3n) is 1.96. The molecule has 0 amide bonds. The van der Waals surface area contributed by atoms with E-state index in [1.807, 2.05) is 6.07 Å². The second kappa shape index (κ2) is 5.75. The van der Waals surface area contributed by atoms with Crippen molar-refractivity contribution < 1.29 is 4.39 Å². The maximum atomic E-state index is 12.1. The highest BCUT2D eigenvalue weighted by molar-refractivity contribution is 4.99. The molecule has 1 heterocycles. The van der Waals surface area contributed by atoms with Crippen LogP contribution in [0.25, 0.3) is 0 Å². The van der Waals surface area contributed by atoms with E-state index in [9.17, 15) is 4.39 Å². The summed E-state index contributed by atoms with van der Waals surface area (Å²) >= 11 is 0. The summed E-state index contributed by atoms with van der Waals surface area (Å²) in [6.07, 6.45) is 1.71. The van der Waals surface area contributed by atoms with Crippen LogP contribution < -0.4 is 5.32 Å². The van der Waals surface area contributed by atoms with Crippen molar-refractivity contribution in [3.63, 3.8) is 0 Å². The van der Waals surface area contributed by atoms with E-state index in [4.69, 9.17) is 0 Å². The Bertz CT molecular complexity index is 258.